The zero-order chi connectivity index (χ0) is 13.1. The summed E-state index contributed by atoms with van der Waals surface area (Å²) in [5, 5.41) is 11.9. The predicted octanol–water partition coefficient (Wildman–Crippen LogP) is 1.65. The van der Waals surface area contributed by atoms with Crippen molar-refractivity contribution in [3.05, 3.63) is 42.2 Å². The lowest BCUT2D eigenvalue weighted by Gasteiger charge is -2.03. The molecular weight excluding hydrogens is 244 g/mol. The zero-order valence-corrected chi connectivity index (χ0v) is 10.1. The third kappa shape index (κ3) is 2.33. The maximum absolute atomic E-state index is 10.8. The van der Waals surface area contributed by atoms with Crippen LogP contribution in [0.15, 0.2) is 36.7 Å². The Bertz CT molecular complexity index is 688. The summed E-state index contributed by atoms with van der Waals surface area (Å²) >= 11 is 0. The molecule has 3 aromatic rings. The molecule has 0 aliphatic heterocycles. The van der Waals surface area contributed by atoms with Crippen LogP contribution in [-0.4, -0.2) is 32.9 Å². The van der Waals surface area contributed by atoms with Gasteiger partial charge in [-0.2, -0.15) is 5.10 Å². The van der Waals surface area contributed by atoms with Crippen molar-refractivity contribution in [1.29, 1.82) is 0 Å². The van der Waals surface area contributed by atoms with Crippen LogP contribution < -0.4 is 4.74 Å². The number of rotatable bonds is 5. The first-order valence-corrected chi connectivity index (χ1v) is 5.90. The van der Waals surface area contributed by atoms with E-state index in [2.05, 4.69) is 15.3 Å². The number of aromatic nitrogens is 4. The molecular formula is C13H12N4O2. The van der Waals surface area contributed by atoms with Gasteiger partial charge in [0.25, 0.3) is 0 Å². The van der Waals surface area contributed by atoms with Crippen LogP contribution in [0.2, 0.25) is 0 Å². The molecule has 0 fully saturated rings. The third-order valence-electron chi connectivity index (χ3n) is 2.81. The minimum Gasteiger partial charge on any atom is -0.474 e. The molecule has 0 saturated heterocycles. The van der Waals surface area contributed by atoms with E-state index >= 15 is 0 Å². The molecule has 0 aliphatic carbocycles. The maximum atomic E-state index is 10.8. The Kier molecular flexibility index (Phi) is 2.97. The Hall–Kier alpha value is -2.63. The molecule has 6 nitrogen and oxygen atoms in total. The second-order valence-electron chi connectivity index (χ2n) is 4.07. The second-order valence-corrected chi connectivity index (χ2v) is 4.07. The molecule has 0 atom stereocenters. The molecule has 0 radical (unpaired) electrons. The Labute approximate surface area is 109 Å². The molecule has 0 amide bonds. The van der Waals surface area contributed by atoms with Crippen molar-refractivity contribution in [1.82, 2.24) is 20.0 Å². The van der Waals surface area contributed by atoms with Crippen molar-refractivity contribution >= 4 is 17.2 Å². The fraction of sp³-hybridized carbons (Fsp3) is 0.154. The van der Waals surface area contributed by atoms with Gasteiger partial charge in [0.15, 0.2) is 0 Å². The van der Waals surface area contributed by atoms with Gasteiger partial charge in [-0.1, -0.05) is 0 Å². The van der Waals surface area contributed by atoms with Crippen molar-refractivity contribution < 1.29 is 9.53 Å². The number of hydrogen-bond donors (Lipinski definition) is 1. The average molecular weight is 256 g/mol. The first kappa shape index (κ1) is 11.5. The zero-order valence-electron chi connectivity index (χ0n) is 10.1. The second kappa shape index (κ2) is 4.93. The predicted molar refractivity (Wildman–Crippen MR) is 69.2 cm³/mol. The van der Waals surface area contributed by atoms with Crippen molar-refractivity contribution in [3.63, 3.8) is 0 Å². The normalized spacial score (nSPS) is 10.7. The smallest absolute Gasteiger partial charge is 0.240 e. The number of H-pyrrole nitrogens is 1. The number of carbonyl (C=O) groups excluding carboxylic acids is 1. The highest BCUT2D eigenvalue weighted by Gasteiger charge is 2.07. The number of nitrogens with zero attached hydrogens (tertiary/aromatic N) is 3. The first-order valence-electron chi connectivity index (χ1n) is 5.90. The standard InChI is InChI=1S/C13H12N4O2/c18-9-10-2-3-12-11(8-10)13(16-15-12)19-7-6-17-5-1-4-14-17/h1-5,8-9H,6-7H2,(H,15,16). The van der Waals surface area contributed by atoms with E-state index in [9.17, 15) is 4.79 Å². The van der Waals surface area contributed by atoms with Crippen LogP contribution in [0.4, 0.5) is 0 Å². The first-order chi connectivity index (χ1) is 9.36. The Morgan fingerprint density at radius 3 is 3.16 bits per heavy atom. The molecule has 2 aromatic heterocycles. The van der Waals surface area contributed by atoms with Crippen LogP contribution in [-0.2, 0) is 6.54 Å². The molecule has 2 heterocycles. The third-order valence-corrected chi connectivity index (χ3v) is 2.81. The highest BCUT2D eigenvalue weighted by molar-refractivity contribution is 5.89. The van der Waals surface area contributed by atoms with E-state index in [0.29, 0.717) is 24.6 Å². The average Bonchev–Trinajstić information content (AvgIpc) is 3.08. The van der Waals surface area contributed by atoms with E-state index in [1.807, 2.05) is 18.3 Å². The molecule has 0 unspecified atom stereocenters. The van der Waals surface area contributed by atoms with Crippen LogP contribution in [0.1, 0.15) is 10.4 Å². The summed E-state index contributed by atoms with van der Waals surface area (Å²) < 4.78 is 7.40. The molecule has 0 bridgehead atoms. The number of ether oxygens (including phenoxy) is 1. The number of hydrogen-bond acceptors (Lipinski definition) is 4. The summed E-state index contributed by atoms with van der Waals surface area (Å²) in [5.74, 6) is 0.505. The molecule has 6 heteroatoms. The molecule has 0 saturated carbocycles. The minimum absolute atomic E-state index is 0.465. The molecule has 0 aliphatic rings. The maximum Gasteiger partial charge on any atom is 0.240 e. The summed E-state index contributed by atoms with van der Waals surface area (Å²) in [7, 11) is 0. The van der Waals surface area contributed by atoms with E-state index in [0.717, 1.165) is 17.2 Å². The fourth-order valence-electron chi connectivity index (χ4n) is 1.86. The minimum atomic E-state index is 0.465. The Balaban J connectivity index is 1.75. The highest BCUT2D eigenvalue weighted by Crippen LogP contribution is 2.23. The Morgan fingerprint density at radius 2 is 2.37 bits per heavy atom. The summed E-state index contributed by atoms with van der Waals surface area (Å²) in [6, 6.07) is 7.17. The summed E-state index contributed by atoms with van der Waals surface area (Å²) in [4.78, 5) is 10.8. The van der Waals surface area contributed by atoms with Crippen LogP contribution in [0.5, 0.6) is 5.88 Å². The van der Waals surface area contributed by atoms with E-state index in [4.69, 9.17) is 4.74 Å². The lowest BCUT2D eigenvalue weighted by molar-refractivity contribution is 0.112. The molecule has 96 valence electrons. The lowest BCUT2D eigenvalue weighted by atomic mass is 10.2. The van der Waals surface area contributed by atoms with Crippen LogP contribution >= 0.6 is 0 Å². The van der Waals surface area contributed by atoms with E-state index in [-0.39, 0.29) is 0 Å². The number of nitrogens with one attached hydrogen (secondary N) is 1. The van der Waals surface area contributed by atoms with Crippen LogP contribution in [0.25, 0.3) is 10.9 Å². The van der Waals surface area contributed by atoms with Gasteiger partial charge in [-0.3, -0.25) is 14.6 Å². The van der Waals surface area contributed by atoms with Gasteiger partial charge in [0.05, 0.1) is 17.4 Å². The monoisotopic (exact) mass is 256 g/mol. The number of benzene rings is 1. The van der Waals surface area contributed by atoms with Gasteiger partial charge in [-0.05, 0) is 24.3 Å². The van der Waals surface area contributed by atoms with Crippen molar-refractivity contribution in [2.45, 2.75) is 6.54 Å². The van der Waals surface area contributed by atoms with Gasteiger partial charge < -0.3 is 4.74 Å². The SMILES string of the molecule is O=Cc1ccc2[nH]nc(OCCn3cccn3)c2c1. The molecule has 1 N–H and O–H groups in total. The molecule has 1 aromatic carbocycles. The van der Waals surface area contributed by atoms with Gasteiger partial charge in [-0.15, -0.1) is 5.10 Å². The summed E-state index contributed by atoms with van der Waals surface area (Å²) in [6.45, 7) is 1.11. The van der Waals surface area contributed by atoms with Crippen molar-refractivity contribution in [2.75, 3.05) is 6.61 Å². The van der Waals surface area contributed by atoms with E-state index < -0.39 is 0 Å². The van der Waals surface area contributed by atoms with E-state index in [1.165, 1.54) is 0 Å². The number of carbonyl (C=O) groups is 1. The summed E-state index contributed by atoms with van der Waals surface area (Å²) in [6.07, 6.45) is 4.40. The quantitative estimate of drug-likeness (QED) is 0.704. The molecule has 0 spiro atoms. The largest absolute Gasteiger partial charge is 0.474 e. The highest BCUT2D eigenvalue weighted by atomic mass is 16.5. The lowest BCUT2D eigenvalue weighted by Crippen LogP contribution is -2.08. The van der Waals surface area contributed by atoms with E-state index in [1.54, 1.807) is 23.0 Å². The van der Waals surface area contributed by atoms with Gasteiger partial charge in [0.1, 0.15) is 12.9 Å². The number of aldehydes is 1. The van der Waals surface area contributed by atoms with Gasteiger partial charge >= 0.3 is 0 Å². The number of aromatic amines is 1. The van der Waals surface area contributed by atoms with Crippen LogP contribution in [0, 0.1) is 0 Å². The Morgan fingerprint density at radius 1 is 1.42 bits per heavy atom. The van der Waals surface area contributed by atoms with Crippen molar-refractivity contribution in [2.24, 2.45) is 0 Å². The topological polar surface area (TPSA) is 72.8 Å². The number of fused-ring (bicyclic) bond motifs is 1. The van der Waals surface area contributed by atoms with Gasteiger partial charge in [0, 0.05) is 18.0 Å². The molecule has 19 heavy (non-hydrogen) atoms. The van der Waals surface area contributed by atoms with Gasteiger partial charge in [-0.25, -0.2) is 0 Å². The van der Waals surface area contributed by atoms with Crippen molar-refractivity contribution in [3.8, 4) is 5.88 Å². The van der Waals surface area contributed by atoms with Gasteiger partial charge in [0.2, 0.25) is 5.88 Å². The molecule has 3 rings (SSSR count). The summed E-state index contributed by atoms with van der Waals surface area (Å²) in [5.41, 5.74) is 1.45. The van der Waals surface area contributed by atoms with Crippen LogP contribution in [0.3, 0.4) is 0 Å². The fourth-order valence-corrected chi connectivity index (χ4v) is 1.86.